The van der Waals surface area contributed by atoms with Gasteiger partial charge in [-0.15, -0.1) is 0 Å². The number of para-hydroxylation sites is 1. The first-order valence-corrected chi connectivity index (χ1v) is 5.43. The summed E-state index contributed by atoms with van der Waals surface area (Å²) in [5.74, 6) is 0.540. The molecular weight excluding hydrogens is 200 g/mol. The van der Waals surface area contributed by atoms with Crippen molar-refractivity contribution in [2.45, 2.75) is 25.3 Å². The average Bonchev–Trinajstić information content (AvgIpc) is 2.25. The Bertz CT molecular complexity index is 401. The van der Waals surface area contributed by atoms with Crippen molar-refractivity contribution in [2.75, 3.05) is 5.32 Å². The molecule has 1 aromatic rings. The van der Waals surface area contributed by atoms with Gasteiger partial charge in [0.25, 0.3) is 0 Å². The molecule has 1 aromatic carbocycles. The highest BCUT2D eigenvalue weighted by atomic mass is 15.2. The minimum absolute atomic E-state index is 0.368. The van der Waals surface area contributed by atoms with Crippen LogP contribution in [0.15, 0.2) is 35.3 Å². The molecule has 4 nitrogen and oxygen atoms in total. The Morgan fingerprint density at radius 3 is 2.62 bits per heavy atom. The van der Waals surface area contributed by atoms with Crippen molar-refractivity contribution < 1.29 is 0 Å². The van der Waals surface area contributed by atoms with E-state index >= 15 is 0 Å². The molecule has 4 heteroatoms. The highest BCUT2D eigenvalue weighted by molar-refractivity contribution is 5.94. The van der Waals surface area contributed by atoms with Crippen LogP contribution in [0.25, 0.3) is 0 Å². The zero-order valence-corrected chi connectivity index (χ0v) is 8.98. The Hall–Kier alpha value is -2.02. The number of hydrogen-bond acceptors (Lipinski definition) is 2. The number of nitriles is 1. The Morgan fingerprint density at radius 2 is 2.06 bits per heavy atom. The largest absolute Gasteiger partial charge is 0.326 e. The van der Waals surface area contributed by atoms with Crippen molar-refractivity contribution in [3.8, 4) is 6.19 Å². The third-order valence-corrected chi connectivity index (χ3v) is 2.60. The molecule has 0 heterocycles. The molecule has 0 bridgehead atoms. The number of nitrogens with one attached hydrogen (secondary N) is 2. The number of aliphatic imine (C=N–C) groups is 1. The topological polar surface area (TPSA) is 60.2 Å². The third-order valence-electron chi connectivity index (χ3n) is 2.60. The predicted octanol–water partition coefficient (Wildman–Crippen LogP) is 2.08. The summed E-state index contributed by atoms with van der Waals surface area (Å²) >= 11 is 0. The number of hydrogen-bond donors (Lipinski definition) is 2. The normalized spacial score (nSPS) is 16.1. The second-order valence-corrected chi connectivity index (χ2v) is 3.79. The van der Waals surface area contributed by atoms with Gasteiger partial charge in [0.15, 0.2) is 6.19 Å². The molecule has 1 aliphatic carbocycles. The summed E-state index contributed by atoms with van der Waals surface area (Å²) in [7, 11) is 0. The second-order valence-electron chi connectivity index (χ2n) is 3.79. The molecule has 0 aliphatic heterocycles. The van der Waals surface area contributed by atoms with Crippen molar-refractivity contribution >= 4 is 11.6 Å². The van der Waals surface area contributed by atoms with E-state index in [9.17, 15) is 0 Å². The number of rotatable bonds is 2. The van der Waals surface area contributed by atoms with Crippen molar-refractivity contribution in [1.82, 2.24) is 5.32 Å². The van der Waals surface area contributed by atoms with Crippen molar-refractivity contribution in [3.05, 3.63) is 30.3 Å². The van der Waals surface area contributed by atoms with Gasteiger partial charge in [0.2, 0.25) is 5.96 Å². The fourth-order valence-corrected chi connectivity index (χ4v) is 1.51. The lowest BCUT2D eigenvalue weighted by Crippen LogP contribution is -2.30. The van der Waals surface area contributed by atoms with Crippen LogP contribution in [0.4, 0.5) is 5.69 Å². The van der Waals surface area contributed by atoms with Crippen molar-refractivity contribution in [2.24, 2.45) is 4.99 Å². The number of guanidine groups is 1. The monoisotopic (exact) mass is 214 g/mol. The first-order valence-electron chi connectivity index (χ1n) is 5.43. The van der Waals surface area contributed by atoms with Crippen molar-refractivity contribution in [1.29, 1.82) is 5.26 Å². The molecule has 0 spiro atoms. The zero-order valence-electron chi connectivity index (χ0n) is 8.98. The van der Waals surface area contributed by atoms with E-state index in [1.54, 1.807) is 0 Å². The summed E-state index contributed by atoms with van der Waals surface area (Å²) in [6.07, 6.45) is 5.37. The fourth-order valence-electron chi connectivity index (χ4n) is 1.51. The predicted molar refractivity (Wildman–Crippen MR) is 63.9 cm³/mol. The van der Waals surface area contributed by atoms with E-state index in [4.69, 9.17) is 5.26 Å². The van der Waals surface area contributed by atoms with Gasteiger partial charge in [-0.2, -0.15) is 5.26 Å². The van der Waals surface area contributed by atoms with Crippen LogP contribution >= 0.6 is 0 Å². The van der Waals surface area contributed by atoms with Gasteiger partial charge in [0, 0.05) is 5.69 Å². The van der Waals surface area contributed by atoms with E-state index in [1.807, 2.05) is 36.5 Å². The maximum atomic E-state index is 8.64. The van der Waals surface area contributed by atoms with Gasteiger partial charge in [-0.3, -0.25) is 5.32 Å². The molecule has 0 radical (unpaired) electrons. The third kappa shape index (κ3) is 2.74. The lowest BCUT2D eigenvalue weighted by atomic mass is 9.94. The molecule has 1 saturated carbocycles. The van der Waals surface area contributed by atoms with Crippen LogP contribution in [0.2, 0.25) is 0 Å². The number of nitrogens with zero attached hydrogens (tertiary/aromatic N) is 2. The van der Waals surface area contributed by atoms with Crippen LogP contribution in [-0.4, -0.2) is 12.0 Å². The first kappa shape index (κ1) is 10.5. The minimum Gasteiger partial charge on any atom is -0.326 e. The van der Waals surface area contributed by atoms with Gasteiger partial charge in [0.1, 0.15) is 0 Å². The van der Waals surface area contributed by atoms with Gasteiger partial charge >= 0.3 is 0 Å². The molecule has 1 aliphatic rings. The summed E-state index contributed by atoms with van der Waals surface area (Å²) < 4.78 is 0. The highest BCUT2D eigenvalue weighted by Crippen LogP contribution is 2.21. The summed E-state index contributed by atoms with van der Waals surface area (Å²) in [5.41, 5.74) is 0.934. The lowest BCUT2D eigenvalue weighted by Gasteiger charge is -2.22. The molecule has 16 heavy (non-hydrogen) atoms. The summed E-state index contributed by atoms with van der Waals surface area (Å²) in [5, 5.41) is 14.3. The Balaban J connectivity index is 2.02. The molecule has 0 saturated heterocycles. The van der Waals surface area contributed by atoms with Gasteiger partial charge in [-0.1, -0.05) is 18.2 Å². The van der Waals surface area contributed by atoms with Crippen LogP contribution in [0, 0.1) is 11.5 Å². The molecule has 1 fully saturated rings. The molecule has 0 amide bonds. The van der Waals surface area contributed by atoms with E-state index in [2.05, 4.69) is 15.6 Å². The summed E-state index contributed by atoms with van der Waals surface area (Å²) in [6.45, 7) is 0. The molecular formula is C12H14N4. The van der Waals surface area contributed by atoms with Crippen molar-refractivity contribution in [3.63, 3.8) is 0 Å². The van der Waals surface area contributed by atoms with Gasteiger partial charge < -0.3 is 5.32 Å². The lowest BCUT2D eigenvalue weighted by molar-refractivity contribution is 0.419. The molecule has 0 atom stereocenters. The van der Waals surface area contributed by atoms with E-state index in [-0.39, 0.29) is 0 Å². The standard InChI is InChI=1S/C12H14N4/c13-9-14-12(16-11-7-4-8-11)15-10-5-2-1-3-6-10/h1-3,5-6,11H,4,7-8H2,(H2,14,15,16). The van der Waals surface area contributed by atoms with Gasteiger partial charge in [0.05, 0.1) is 6.04 Å². The summed E-state index contributed by atoms with van der Waals surface area (Å²) in [6, 6.07) is 10.1. The number of benzene rings is 1. The van der Waals surface area contributed by atoms with Crippen LogP contribution in [0.5, 0.6) is 0 Å². The quantitative estimate of drug-likeness (QED) is 0.343. The van der Waals surface area contributed by atoms with E-state index < -0.39 is 0 Å². The molecule has 0 aromatic heterocycles. The maximum absolute atomic E-state index is 8.64. The second kappa shape index (κ2) is 5.17. The van der Waals surface area contributed by atoms with Crippen LogP contribution in [-0.2, 0) is 0 Å². The van der Waals surface area contributed by atoms with Crippen LogP contribution in [0.1, 0.15) is 19.3 Å². The van der Waals surface area contributed by atoms with Crippen LogP contribution < -0.4 is 10.6 Å². The fraction of sp³-hybridized carbons (Fsp3) is 0.333. The molecule has 2 N–H and O–H groups in total. The summed E-state index contributed by atoms with van der Waals surface area (Å²) in [4.78, 5) is 4.44. The Kier molecular flexibility index (Phi) is 3.39. The molecule has 0 unspecified atom stereocenters. The van der Waals surface area contributed by atoms with E-state index in [0.717, 1.165) is 18.5 Å². The number of anilines is 1. The van der Waals surface area contributed by atoms with Crippen LogP contribution in [0.3, 0.4) is 0 Å². The highest BCUT2D eigenvalue weighted by Gasteiger charge is 2.17. The average molecular weight is 214 g/mol. The first-order chi connectivity index (χ1) is 7.88. The van der Waals surface area contributed by atoms with Gasteiger partial charge in [-0.25, -0.2) is 4.99 Å². The van der Waals surface area contributed by atoms with Gasteiger partial charge in [-0.05, 0) is 31.4 Å². The Morgan fingerprint density at radius 1 is 1.31 bits per heavy atom. The van der Waals surface area contributed by atoms with E-state index in [0.29, 0.717) is 12.0 Å². The SMILES string of the molecule is N#CNC(=NC1CCC1)Nc1ccccc1. The molecule has 2 rings (SSSR count). The zero-order chi connectivity index (χ0) is 11.2. The molecule has 82 valence electrons. The maximum Gasteiger partial charge on any atom is 0.209 e. The van der Waals surface area contributed by atoms with E-state index in [1.165, 1.54) is 6.42 Å². The minimum atomic E-state index is 0.368. The smallest absolute Gasteiger partial charge is 0.209 e. The Labute approximate surface area is 95.0 Å².